The highest BCUT2D eigenvalue weighted by atomic mass is 32.1. The standard InChI is InChI=1S/C16H24N2S/c1-3-17(4-2)15-10-8-14(9-11-15)16(19)18-12-6-5-7-13-18/h8-11H,3-7,12-13H2,1-2H3. The van der Waals surface area contributed by atoms with E-state index in [0.717, 1.165) is 31.2 Å². The van der Waals surface area contributed by atoms with E-state index in [9.17, 15) is 0 Å². The smallest absolute Gasteiger partial charge is 0.109 e. The first-order chi connectivity index (χ1) is 9.26. The molecule has 0 aliphatic carbocycles. The Morgan fingerprint density at radius 3 is 2.16 bits per heavy atom. The van der Waals surface area contributed by atoms with Crippen LogP contribution in [0.2, 0.25) is 0 Å². The molecule has 0 N–H and O–H groups in total. The number of anilines is 1. The van der Waals surface area contributed by atoms with E-state index in [2.05, 4.69) is 47.9 Å². The Hall–Kier alpha value is -1.09. The lowest BCUT2D eigenvalue weighted by Crippen LogP contribution is -2.34. The third-order valence-corrected chi connectivity index (χ3v) is 4.38. The first-order valence-electron chi connectivity index (χ1n) is 7.40. The molecule has 1 fully saturated rings. The van der Waals surface area contributed by atoms with E-state index in [1.807, 2.05) is 0 Å². The maximum atomic E-state index is 5.62. The highest BCUT2D eigenvalue weighted by Crippen LogP contribution is 2.18. The Morgan fingerprint density at radius 1 is 1.05 bits per heavy atom. The molecule has 0 bridgehead atoms. The third-order valence-electron chi connectivity index (χ3n) is 3.89. The highest BCUT2D eigenvalue weighted by Gasteiger charge is 2.14. The molecule has 2 rings (SSSR count). The summed E-state index contributed by atoms with van der Waals surface area (Å²) in [5.74, 6) is 0. The van der Waals surface area contributed by atoms with Crippen LogP contribution in [0.4, 0.5) is 5.69 Å². The second-order valence-electron chi connectivity index (χ2n) is 5.07. The van der Waals surface area contributed by atoms with Crippen molar-refractivity contribution in [2.24, 2.45) is 0 Å². The van der Waals surface area contributed by atoms with Gasteiger partial charge in [0, 0.05) is 37.4 Å². The maximum absolute atomic E-state index is 5.62. The van der Waals surface area contributed by atoms with Crippen LogP contribution in [0.3, 0.4) is 0 Å². The molecule has 0 amide bonds. The van der Waals surface area contributed by atoms with E-state index in [1.165, 1.54) is 30.5 Å². The van der Waals surface area contributed by atoms with Gasteiger partial charge in [0.15, 0.2) is 0 Å². The molecule has 1 saturated heterocycles. The van der Waals surface area contributed by atoms with Crippen LogP contribution >= 0.6 is 12.2 Å². The van der Waals surface area contributed by atoms with Crippen molar-refractivity contribution < 1.29 is 0 Å². The maximum Gasteiger partial charge on any atom is 0.109 e. The molecule has 1 aromatic carbocycles. The SMILES string of the molecule is CCN(CC)c1ccc(C(=S)N2CCCCC2)cc1. The third kappa shape index (κ3) is 3.47. The second kappa shape index (κ2) is 6.90. The molecular weight excluding hydrogens is 252 g/mol. The minimum Gasteiger partial charge on any atom is -0.372 e. The first-order valence-corrected chi connectivity index (χ1v) is 7.81. The molecule has 0 spiro atoms. The Labute approximate surface area is 122 Å². The van der Waals surface area contributed by atoms with Gasteiger partial charge >= 0.3 is 0 Å². The van der Waals surface area contributed by atoms with Gasteiger partial charge < -0.3 is 9.80 Å². The summed E-state index contributed by atoms with van der Waals surface area (Å²) in [6.45, 7) is 8.72. The largest absolute Gasteiger partial charge is 0.372 e. The van der Waals surface area contributed by atoms with Crippen molar-refractivity contribution in [3.05, 3.63) is 29.8 Å². The van der Waals surface area contributed by atoms with Crippen LogP contribution in [0.15, 0.2) is 24.3 Å². The topological polar surface area (TPSA) is 6.48 Å². The Morgan fingerprint density at radius 2 is 1.63 bits per heavy atom. The molecule has 1 heterocycles. The van der Waals surface area contributed by atoms with Gasteiger partial charge in [0.25, 0.3) is 0 Å². The van der Waals surface area contributed by atoms with Crippen LogP contribution in [0.25, 0.3) is 0 Å². The fraction of sp³-hybridized carbons (Fsp3) is 0.562. The van der Waals surface area contributed by atoms with Gasteiger partial charge in [0.05, 0.1) is 0 Å². The number of thiocarbonyl (C=S) groups is 1. The fourth-order valence-corrected chi connectivity index (χ4v) is 3.00. The Kier molecular flexibility index (Phi) is 5.20. The van der Waals surface area contributed by atoms with Gasteiger partial charge in [-0.25, -0.2) is 0 Å². The quantitative estimate of drug-likeness (QED) is 0.774. The van der Waals surface area contributed by atoms with Gasteiger partial charge in [-0.2, -0.15) is 0 Å². The van der Waals surface area contributed by atoms with Crippen LogP contribution < -0.4 is 4.90 Å². The van der Waals surface area contributed by atoms with E-state index in [1.54, 1.807) is 0 Å². The molecule has 0 radical (unpaired) electrons. The predicted molar refractivity (Wildman–Crippen MR) is 87.1 cm³/mol. The summed E-state index contributed by atoms with van der Waals surface area (Å²) in [7, 11) is 0. The summed E-state index contributed by atoms with van der Waals surface area (Å²) in [5.41, 5.74) is 2.48. The molecule has 0 unspecified atom stereocenters. The van der Waals surface area contributed by atoms with Crippen LogP contribution in [0.1, 0.15) is 38.7 Å². The average Bonchev–Trinajstić information content (AvgIpc) is 2.49. The van der Waals surface area contributed by atoms with Crippen molar-refractivity contribution in [1.29, 1.82) is 0 Å². The lowest BCUT2D eigenvalue weighted by molar-refractivity contribution is 0.347. The van der Waals surface area contributed by atoms with E-state index in [4.69, 9.17) is 12.2 Å². The van der Waals surface area contributed by atoms with E-state index in [-0.39, 0.29) is 0 Å². The Balaban J connectivity index is 2.06. The number of hydrogen-bond acceptors (Lipinski definition) is 2. The monoisotopic (exact) mass is 276 g/mol. The summed E-state index contributed by atoms with van der Waals surface area (Å²) >= 11 is 5.62. The minimum absolute atomic E-state index is 1.02. The molecule has 0 atom stereocenters. The lowest BCUT2D eigenvalue weighted by atomic mass is 10.1. The van der Waals surface area contributed by atoms with Gasteiger partial charge in [0.2, 0.25) is 0 Å². The van der Waals surface area contributed by atoms with Crippen molar-refractivity contribution in [2.75, 3.05) is 31.1 Å². The number of piperidine rings is 1. The molecule has 1 aromatic rings. The summed E-state index contributed by atoms with van der Waals surface area (Å²) in [6, 6.07) is 8.73. The van der Waals surface area contributed by atoms with Gasteiger partial charge in [-0.15, -0.1) is 0 Å². The normalized spacial score (nSPS) is 15.4. The van der Waals surface area contributed by atoms with E-state index >= 15 is 0 Å². The molecule has 1 aliphatic rings. The molecule has 0 saturated carbocycles. The van der Waals surface area contributed by atoms with Gasteiger partial charge in [0.1, 0.15) is 4.99 Å². The molecule has 104 valence electrons. The number of hydrogen-bond donors (Lipinski definition) is 0. The van der Waals surface area contributed by atoms with E-state index in [0.29, 0.717) is 0 Å². The molecule has 0 aromatic heterocycles. The molecule has 19 heavy (non-hydrogen) atoms. The van der Waals surface area contributed by atoms with Crippen molar-refractivity contribution in [3.63, 3.8) is 0 Å². The molecule has 2 nitrogen and oxygen atoms in total. The van der Waals surface area contributed by atoms with Crippen LogP contribution in [-0.2, 0) is 0 Å². The highest BCUT2D eigenvalue weighted by molar-refractivity contribution is 7.80. The lowest BCUT2D eigenvalue weighted by Gasteiger charge is -2.29. The number of likely N-dealkylation sites (tertiary alicyclic amines) is 1. The summed E-state index contributed by atoms with van der Waals surface area (Å²) in [4.78, 5) is 5.73. The summed E-state index contributed by atoms with van der Waals surface area (Å²) < 4.78 is 0. The van der Waals surface area contributed by atoms with Crippen LogP contribution in [-0.4, -0.2) is 36.1 Å². The molecule has 1 aliphatic heterocycles. The van der Waals surface area contributed by atoms with Crippen molar-refractivity contribution in [3.8, 4) is 0 Å². The zero-order valence-electron chi connectivity index (χ0n) is 12.1. The number of nitrogens with zero attached hydrogens (tertiary/aromatic N) is 2. The average molecular weight is 276 g/mol. The fourth-order valence-electron chi connectivity index (χ4n) is 2.68. The number of benzene rings is 1. The van der Waals surface area contributed by atoms with Crippen LogP contribution in [0.5, 0.6) is 0 Å². The van der Waals surface area contributed by atoms with Crippen LogP contribution in [0, 0.1) is 0 Å². The second-order valence-corrected chi connectivity index (χ2v) is 5.46. The van der Waals surface area contributed by atoms with Gasteiger partial charge in [-0.1, -0.05) is 12.2 Å². The zero-order valence-corrected chi connectivity index (χ0v) is 12.9. The molecular formula is C16H24N2S. The van der Waals surface area contributed by atoms with Crippen molar-refractivity contribution >= 4 is 22.9 Å². The first kappa shape index (κ1) is 14.3. The van der Waals surface area contributed by atoms with Crippen molar-refractivity contribution in [1.82, 2.24) is 4.90 Å². The van der Waals surface area contributed by atoms with Gasteiger partial charge in [-0.05, 0) is 57.4 Å². The minimum atomic E-state index is 1.02. The summed E-state index contributed by atoms with van der Waals surface area (Å²) in [5, 5.41) is 0. The molecule has 3 heteroatoms. The zero-order chi connectivity index (χ0) is 13.7. The Bertz CT molecular complexity index is 403. The van der Waals surface area contributed by atoms with Crippen molar-refractivity contribution in [2.45, 2.75) is 33.1 Å². The van der Waals surface area contributed by atoms with Gasteiger partial charge in [-0.3, -0.25) is 0 Å². The number of rotatable bonds is 4. The summed E-state index contributed by atoms with van der Waals surface area (Å²) in [6.07, 6.45) is 3.90. The predicted octanol–water partition coefficient (Wildman–Crippen LogP) is 3.69. The van der Waals surface area contributed by atoms with E-state index < -0.39 is 0 Å².